The van der Waals surface area contributed by atoms with Gasteiger partial charge in [-0.15, -0.1) is 22.1 Å². The van der Waals surface area contributed by atoms with Crippen molar-refractivity contribution in [3.8, 4) is 61.8 Å². The van der Waals surface area contributed by atoms with Crippen molar-refractivity contribution in [2.45, 2.75) is 156 Å². The Bertz CT molecular complexity index is 4240. The zero-order chi connectivity index (χ0) is 67.9. The molecule has 5 aromatic carbocycles. The standard InChI is InChI=1S/C87H99N7O5.Zn/c1-5-8-11-14-17-20-53-97-69-39-29-61(30-40-69)83-76-47-45-74(90-76)82(60-25-35-67(36-26-60)89-86(95)59(4)88-87(96)64-27-37-68(38-28-64)94-57-72-65-23-24-66(56-65)73(72)58-94)75-46-48-77(91-75)84(62-31-41-70(42-32-62)98-54-21-18-15-12-9-6-2)79-50-52-81(93-79)85(80-51-49-78(83)92-80)63-33-43-71(44-34-63)99-55-22-19-16-13-10-7-3;/h23-52,59,65-66,72-73H,5-22,53-58H2,1-4H3,(H4,88,89,90,91,92,93,95,96);/q;+2/p-2/t59-,65-,66+,72-,73+;/m0./s1. The fraction of sp³-hybridized carbons (Fsp3) is 0.379. The van der Waals surface area contributed by atoms with Gasteiger partial charge < -0.3 is 39.7 Å². The molecule has 10 bridgehead atoms. The Labute approximate surface area is 604 Å². The van der Waals surface area contributed by atoms with Gasteiger partial charge in [0.25, 0.3) is 5.91 Å². The molecule has 5 atom stereocenters. The minimum absolute atomic E-state index is 0. The van der Waals surface area contributed by atoms with Crippen LogP contribution >= 0.6 is 0 Å². The molecule has 3 aliphatic heterocycles. The van der Waals surface area contributed by atoms with Gasteiger partial charge in [-0.3, -0.25) is 9.59 Å². The van der Waals surface area contributed by atoms with Crippen LogP contribution in [0.4, 0.5) is 11.4 Å². The van der Waals surface area contributed by atoms with E-state index in [1.165, 1.54) is 83.5 Å². The van der Waals surface area contributed by atoms with E-state index in [0.29, 0.717) is 54.1 Å². The van der Waals surface area contributed by atoms with Crippen molar-refractivity contribution in [1.82, 2.24) is 25.3 Å². The molecule has 512 valence electrons. The fourth-order valence-electron chi connectivity index (χ4n) is 15.1. The summed E-state index contributed by atoms with van der Waals surface area (Å²) in [6, 6.07) is 48.2. The van der Waals surface area contributed by atoms with Crippen LogP contribution in [-0.4, -0.2) is 60.7 Å². The maximum absolute atomic E-state index is 13.9. The monoisotopic (exact) mass is 1380 g/mol. The Hall–Kier alpha value is -8.80. The molecule has 0 unspecified atom stereocenters. The molecule has 1 saturated carbocycles. The fourth-order valence-corrected chi connectivity index (χ4v) is 15.1. The normalized spacial score (nSPS) is 16.5. The zero-order valence-electron chi connectivity index (χ0n) is 59.2. The average molecular weight is 1390 g/mol. The third-order valence-corrected chi connectivity index (χ3v) is 20.7. The summed E-state index contributed by atoms with van der Waals surface area (Å²) in [5.74, 6) is 4.69. The smallest absolute Gasteiger partial charge is 0.657 e. The molecule has 2 amide bonds. The number of hydrogen-bond acceptors (Lipinski definition) is 8. The summed E-state index contributed by atoms with van der Waals surface area (Å²) in [5.41, 5.74) is 15.4. The third-order valence-electron chi connectivity index (χ3n) is 20.7. The largest absolute Gasteiger partial charge is 2.00 e. The SMILES string of the molecule is CCCCCCCCOc1ccc(-c2c3nc(c(-c4ccc(OCCCCCCCC)cc4)c4ccc([n-]4)c(-c4ccc(OCCCCCCCC)cc4)c4nc(c(-c5ccc(NC(=O)[C@H](C)NC(=O)c6ccc(N7C[C@@H]8[C@H](C7)[C@@H]7C=C[C@H]8C7)cc6)cc5)c5ccc2[n-]5)C=C4)C=C3)cc1.[Zn+2]. The molecule has 100 heavy (non-hydrogen) atoms. The summed E-state index contributed by atoms with van der Waals surface area (Å²) >= 11 is 0. The van der Waals surface area contributed by atoms with Gasteiger partial charge in [-0.05, 0) is 198 Å². The number of amides is 2. The van der Waals surface area contributed by atoms with E-state index in [1.54, 1.807) is 6.92 Å². The number of carbonyl (C=O) groups excluding carboxylic acids is 2. The van der Waals surface area contributed by atoms with E-state index in [9.17, 15) is 9.59 Å². The molecule has 2 fully saturated rings. The first-order valence-electron chi connectivity index (χ1n) is 37.2. The molecule has 12 nitrogen and oxygen atoms in total. The first-order chi connectivity index (χ1) is 48.7. The summed E-state index contributed by atoms with van der Waals surface area (Å²) in [5, 5.41) is 6.01. The Kier molecular flexibility index (Phi) is 24.5. The number of unbranched alkanes of at least 4 members (excludes halogenated alkanes) is 15. The average Bonchev–Trinajstić information content (AvgIpc) is 1.61. The molecule has 0 radical (unpaired) electrons. The van der Waals surface area contributed by atoms with Crippen molar-refractivity contribution in [3.63, 3.8) is 0 Å². The van der Waals surface area contributed by atoms with Crippen molar-refractivity contribution in [1.29, 1.82) is 0 Å². The molecule has 1 saturated heterocycles. The van der Waals surface area contributed by atoms with Gasteiger partial charge in [-0.25, -0.2) is 9.97 Å². The van der Waals surface area contributed by atoms with E-state index in [0.717, 1.165) is 165 Å². The van der Waals surface area contributed by atoms with Crippen molar-refractivity contribution in [2.75, 3.05) is 43.1 Å². The first kappa shape index (κ1) is 71.0. The van der Waals surface area contributed by atoms with Crippen molar-refractivity contribution in [2.24, 2.45) is 23.7 Å². The van der Waals surface area contributed by atoms with Gasteiger partial charge in [0.15, 0.2) is 0 Å². The van der Waals surface area contributed by atoms with Gasteiger partial charge in [0.1, 0.15) is 23.3 Å². The second kappa shape index (κ2) is 34.5. The molecule has 3 aromatic heterocycles. The first-order valence-corrected chi connectivity index (χ1v) is 37.2. The third kappa shape index (κ3) is 17.1. The number of allylic oxidation sites excluding steroid dienone is 2. The molecular formula is C87H97N7O5Zn. The number of carbonyl (C=O) groups is 2. The summed E-state index contributed by atoms with van der Waals surface area (Å²) < 4.78 is 19.0. The molecule has 13 rings (SSSR count). The van der Waals surface area contributed by atoms with Crippen LogP contribution in [0.15, 0.2) is 158 Å². The predicted octanol–water partition coefficient (Wildman–Crippen LogP) is 20.8. The molecular weight excluding hydrogens is 1290 g/mol. The van der Waals surface area contributed by atoms with Gasteiger partial charge in [0, 0.05) is 30.0 Å². The van der Waals surface area contributed by atoms with Crippen LogP contribution in [0.25, 0.3) is 90.9 Å². The maximum atomic E-state index is 13.9. The van der Waals surface area contributed by atoms with Gasteiger partial charge in [-0.2, -0.15) is 0 Å². The van der Waals surface area contributed by atoms with E-state index in [-0.39, 0.29) is 31.3 Å². The second-order valence-corrected chi connectivity index (χ2v) is 27.8. The Morgan fingerprint density at radius 1 is 0.450 bits per heavy atom. The van der Waals surface area contributed by atoms with Gasteiger partial charge >= 0.3 is 19.5 Å². The quantitative estimate of drug-likeness (QED) is 0.0232. The number of hydrogen-bond donors (Lipinski definition) is 2. The van der Waals surface area contributed by atoms with Crippen molar-refractivity contribution < 1.29 is 43.3 Å². The number of benzene rings is 5. The van der Waals surface area contributed by atoms with Crippen LogP contribution in [0, 0.1) is 23.7 Å². The van der Waals surface area contributed by atoms with Crippen LogP contribution in [0.2, 0.25) is 0 Å². The summed E-state index contributed by atoms with van der Waals surface area (Å²) in [7, 11) is 0. The number of rotatable bonds is 33. The molecule has 2 aliphatic carbocycles. The minimum atomic E-state index is -0.811. The van der Waals surface area contributed by atoms with E-state index < -0.39 is 6.04 Å². The van der Waals surface area contributed by atoms with E-state index in [2.05, 4.69) is 170 Å². The Balaban J connectivity index is 0.00000948. The topological polar surface area (TPSA) is 143 Å². The number of nitrogens with zero attached hydrogens (tertiary/aromatic N) is 5. The Morgan fingerprint density at radius 3 is 1.15 bits per heavy atom. The number of anilines is 2. The van der Waals surface area contributed by atoms with E-state index >= 15 is 0 Å². The van der Waals surface area contributed by atoms with Gasteiger partial charge in [-0.1, -0.05) is 202 Å². The molecule has 0 spiro atoms. The summed E-state index contributed by atoms with van der Waals surface area (Å²) in [4.78, 5) is 52.3. The predicted molar refractivity (Wildman–Crippen MR) is 407 cm³/mol. The second-order valence-electron chi connectivity index (χ2n) is 27.8. The Morgan fingerprint density at radius 2 is 0.790 bits per heavy atom. The molecule has 5 aliphatic rings. The van der Waals surface area contributed by atoms with Crippen LogP contribution in [0.1, 0.15) is 183 Å². The number of aromatic nitrogens is 4. The number of ether oxygens (including phenoxy) is 3. The van der Waals surface area contributed by atoms with Crippen molar-refractivity contribution >= 4 is 69.6 Å². The minimum Gasteiger partial charge on any atom is -0.657 e. The summed E-state index contributed by atoms with van der Waals surface area (Å²) in [6.07, 6.45) is 36.0. The zero-order valence-corrected chi connectivity index (χ0v) is 62.1. The van der Waals surface area contributed by atoms with Crippen LogP contribution in [0.5, 0.6) is 17.2 Å². The van der Waals surface area contributed by atoms with Crippen LogP contribution < -0.4 is 39.7 Å². The molecule has 2 N–H and O–H groups in total. The van der Waals surface area contributed by atoms with Gasteiger partial charge in [0.05, 0.1) is 42.6 Å². The summed E-state index contributed by atoms with van der Waals surface area (Å²) in [6.45, 7) is 12.6. The molecule has 8 aromatic rings. The van der Waals surface area contributed by atoms with E-state index in [1.807, 2.05) is 48.5 Å². The van der Waals surface area contributed by atoms with Crippen molar-refractivity contribution in [3.05, 3.63) is 186 Å². The van der Waals surface area contributed by atoms with E-state index in [4.69, 9.17) is 34.1 Å². The van der Waals surface area contributed by atoms with Crippen LogP contribution in [-0.2, 0) is 24.3 Å². The van der Waals surface area contributed by atoms with Crippen LogP contribution in [0.3, 0.4) is 0 Å². The molecule has 13 heteroatoms. The molecule has 6 heterocycles. The van der Waals surface area contributed by atoms with Gasteiger partial charge in [0.2, 0.25) is 5.91 Å². The number of fused-ring (bicyclic) bond motifs is 13. The number of nitrogens with one attached hydrogen (secondary N) is 2. The maximum Gasteiger partial charge on any atom is 2.00 e.